The lowest BCUT2D eigenvalue weighted by atomic mass is 10.1. The van der Waals surface area contributed by atoms with E-state index in [1.54, 1.807) is 20.4 Å². The van der Waals surface area contributed by atoms with Crippen molar-refractivity contribution in [2.75, 3.05) is 14.2 Å². The Morgan fingerprint density at radius 3 is 2.35 bits per heavy atom. The van der Waals surface area contributed by atoms with Crippen LogP contribution in [0.3, 0.4) is 0 Å². The summed E-state index contributed by atoms with van der Waals surface area (Å²) < 4.78 is 10.2. The number of nitrogens with one attached hydrogen (secondary N) is 1. The zero-order chi connectivity index (χ0) is 14.2. The van der Waals surface area contributed by atoms with Gasteiger partial charge in [0, 0.05) is 32.5 Å². The minimum absolute atomic E-state index is 0.646. The average molecular weight is 272 g/mol. The molecule has 0 amide bonds. The topological polar surface area (TPSA) is 43.4 Å². The van der Waals surface area contributed by atoms with Crippen LogP contribution in [0, 0.1) is 0 Å². The van der Waals surface area contributed by atoms with Crippen LogP contribution in [0.1, 0.15) is 16.7 Å². The standard InChI is InChI=1S/C16H20N2O2/c1-19-12-14-5-3-13(4-6-14)10-17-11-15-7-8-18-16(9-15)20-2/h3-9,17H,10-12H2,1-2H3. The first kappa shape index (κ1) is 14.5. The van der Waals surface area contributed by atoms with Gasteiger partial charge in [-0.3, -0.25) is 0 Å². The summed E-state index contributed by atoms with van der Waals surface area (Å²) in [6.07, 6.45) is 1.76. The van der Waals surface area contributed by atoms with E-state index in [0.29, 0.717) is 12.5 Å². The monoisotopic (exact) mass is 272 g/mol. The van der Waals surface area contributed by atoms with E-state index in [-0.39, 0.29) is 0 Å². The highest BCUT2D eigenvalue weighted by atomic mass is 16.5. The van der Waals surface area contributed by atoms with Gasteiger partial charge in [0.15, 0.2) is 0 Å². The van der Waals surface area contributed by atoms with Gasteiger partial charge < -0.3 is 14.8 Å². The third-order valence-electron chi connectivity index (χ3n) is 3.00. The summed E-state index contributed by atoms with van der Waals surface area (Å²) in [5, 5.41) is 3.41. The summed E-state index contributed by atoms with van der Waals surface area (Å²) in [5.74, 6) is 0.646. The number of hydrogen-bond acceptors (Lipinski definition) is 4. The molecule has 106 valence electrons. The molecule has 2 rings (SSSR count). The highest BCUT2D eigenvalue weighted by molar-refractivity contribution is 5.23. The second-order valence-corrected chi connectivity index (χ2v) is 4.56. The van der Waals surface area contributed by atoms with Crippen molar-refractivity contribution >= 4 is 0 Å². The smallest absolute Gasteiger partial charge is 0.213 e. The predicted molar refractivity (Wildman–Crippen MR) is 78.5 cm³/mol. The molecule has 0 bridgehead atoms. The van der Waals surface area contributed by atoms with Crippen LogP contribution < -0.4 is 10.1 Å². The second kappa shape index (κ2) is 7.62. The van der Waals surface area contributed by atoms with Gasteiger partial charge in [-0.25, -0.2) is 4.98 Å². The fraction of sp³-hybridized carbons (Fsp3) is 0.312. The summed E-state index contributed by atoms with van der Waals surface area (Å²) in [5.41, 5.74) is 3.61. The van der Waals surface area contributed by atoms with E-state index in [1.165, 1.54) is 11.1 Å². The van der Waals surface area contributed by atoms with Crippen LogP contribution >= 0.6 is 0 Å². The van der Waals surface area contributed by atoms with Gasteiger partial charge in [-0.2, -0.15) is 0 Å². The molecule has 1 aromatic carbocycles. The maximum atomic E-state index is 5.10. The maximum Gasteiger partial charge on any atom is 0.213 e. The second-order valence-electron chi connectivity index (χ2n) is 4.56. The molecule has 0 aliphatic carbocycles. The third kappa shape index (κ3) is 4.33. The van der Waals surface area contributed by atoms with Crippen LogP contribution in [-0.4, -0.2) is 19.2 Å². The molecule has 4 heteroatoms. The van der Waals surface area contributed by atoms with Crippen LogP contribution in [0.5, 0.6) is 5.88 Å². The van der Waals surface area contributed by atoms with Crippen LogP contribution in [0.4, 0.5) is 0 Å². The van der Waals surface area contributed by atoms with Crippen molar-refractivity contribution in [3.8, 4) is 5.88 Å². The molecular weight excluding hydrogens is 252 g/mol. The molecule has 20 heavy (non-hydrogen) atoms. The Labute approximate surface area is 119 Å². The molecule has 2 aromatic rings. The van der Waals surface area contributed by atoms with E-state index < -0.39 is 0 Å². The molecule has 0 saturated carbocycles. The average Bonchev–Trinajstić information content (AvgIpc) is 2.50. The maximum absolute atomic E-state index is 5.10. The van der Waals surface area contributed by atoms with Crippen molar-refractivity contribution in [1.29, 1.82) is 0 Å². The lowest BCUT2D eigenvalue weighted by Gasteiger charge is -2.07. The minimum Gasteiger partial charge on any atom is -0.481 e. The number of nitrogens with zero attached hydrogens (tertiary/aromatic N) is 1. The van der Waals surface area contributed by atoms with E-state index in [4.69, 9.17) is 9.47 Å². The van der Waals surface area contributed by atoms with Crippen LogP contribution in [0.25, 0.3) is 0 Å². The lowest BCUT2D eigenvalue weighted by Crippen LogP contribution is -2.12. The number of hydrogen-bond donors (Lipinski definition) is 1. The molecule has 0 aliphatic rings. The Hall–Kier alpha value is -1.91. The Kier molecular flexibility index (Phi) is 5.53. The van der Waals surface area contributed by atoms with Gasteiger partial charge in [0.05, 0.1) is 13.7 Å². The van der Waals surface area contributed by atoms with E-state index >= 15 is 0 Å². The number of aromatic nitrogens is 1. The first-order valence-corrected chi connectivity index (χ1v) is 6.58. The zero-order valence-electron chi connectivity index (χ0n) is 11.9. The van der Waals surface area contributed by atoms with Crippen LogP contribution in [-0.2, 0) is 24.4 Å². The number of rotatable bonds is 7. The van der Waals surface area contributed by atoms with Gasteiger partial charge >= 0.3 is 0 Å². The van der Waals surface area contributed by atoms with Crippen LogP contribution in [0.15, 0.2) is 42.6 Å². The Bertz CT molecular complexity index is 526. The van der Waals surface area contributed by atoms with Crippen molar-refractivity contribution in [3.63, 3.8) is 0 Å². The normalized spacial score (nSPS) is 10.5. The Morgan fingerprint density at radius 1 is 0.950 bits per heavy atom. The summed E-state index contributed by atoms with van der Waals surface area (Å²) in [4.78, 5) is 4.09. The van der Waals surface area contributed by atoms with Crippen molar-refractivity contribution in [3.05, 3.63) is 59.3 Å². The summed E-state index contributed by atoms with van der Waals surface area (Å²) in [7, 11) is 3.33. The van der Waals surface area contributed by atoms with Gasteiger partial charge in [0.2, 0.25) is 5.88 Å². The fourth-order valence-electron chi connectivity index (χ4n) is 1.94. The minimum atomic E-state index is 0.646. The number of benzene rings is 1. The molecule has 0 radical (unpaired) electrons. The predicted octanol–water partition coefficient (Wildman–Crippen LogP) is 2.53. The summed E-state index contributed by atoms with van der Waals surface area (Å²) >= 11 is 0. The quantitative estimate of drug-likeness (QED) is 0.841. The van der Waals surface area contributed by atoms with E-state index in [1.807, 2.05) is 12.1 Å². The third-order valence-corrected chi connectivity index (χ3v) is 3.00. The van der Waals surface area contributed by atoms with Crippen molar-refractivity contribution in [1.82, 2.24) is 10.3 Å². The molecule has 1 aromatic heterocycles. The summed E-state index contributed by atoms with van der Waals surface area (Å²) in [6, 6.07) is 12.3. The molecule has 0 spiro atoms. The Morgan fingerprint density at radius 2 is 1.65 bits per heavy atom. The van der Waals surface area contributed by atoms with Crippen molar-refractivity contribution < 1.29 is 9.47 Å². The van der Waals surface area contributed by atoms with Gasteiger partial charge in [-0.15, -0.1) is 0 Å². The van der Waals surface area contributed by atoms with Gasteiger partial charge in [0.25, 0.3) is 0 Å². The zero-order valence-corrected chi connectivity index (χ0v) is 11.9. The lowest BCUT2D eigenvalue weighted by molar-refractivity contribution is 0.185. The van der Waals surface area contributed by atoms with Crippen molar-refractivity contribution in [2.45, 2.75) is 19.7 Å². The molecule has 0 saturated heterocycles. The van der Waals surface area contributed by atoms with E-state index in [0.717, 1.165) is 18.7 Å². The molecular formula is C16H20N2O2. The highest BCUT2D eigenvalue weighted by Gasteiger charge is 1.98. The van der Waals surface area contributed by atoms with Crippen molar-refractivity contribution in [2.24, 2.45) is 0 Å². The molecule has 0 fully saturated rings. The molecule has 0 atom stereocenters. The SMILES string of the molecule is COCc1ccc(CNCc2ccnc(OC)c2)cc1. The molecule has 0 unspecified atom stereocenters. The fourth-order valence-corrected chi connectivity index (χ4v) is 1.94. The number of methoxy groups -OCH3 is 2. The first-order chi connectivity index (χ1) is 9.81. The highest BCUT2D eigenvalue weighted by Crippen LogP contribution is 2.09. The van der Waals surface area contributed by atoms with Gasteiger partial charge in [0.1, 0.15) is 0 Å². The van der Waals surface area contributed by atoms with Crippen LogP contribution in [0.2, 0.25) is 0 Å². The van der Waals surface area contributed by atoms with E-state index in [9.17, 15) is 0 Å². The van der Waals surface area contributed by atoms with E-state index in [2.05, 4.69) is 34.6 Å². The summed E-state index contributed by atoms with van der Waals surface area (Å²) in [6.45, 7) is 2.28. The first-order valence-electron chi connectivity index (χ1n) is 6.58. The molecule has 1 heterocycles. The van der Waals surface area contributed by atoms with Gasteiger partial charge in [-0.1, -0.05) is 24.3 Å². The molecule has 0 aliphatic heterocycles. The number of ether oxygens (including phenoxy) is 2. The van der Waals surface area contributed by atoms with Gasteiger partial charge in [-0.05, 0) is 22.8 Å². The molecule has 1 N–H and O–H groups in total. The largest absolute Gasteiger partial charge is 0.481 e. The Balaban J connectivity index is 1.82. The number of pyridine rings is 1. The molecule has 4 nitrogen and oxygen atoms in total.